The number of allylic oxidation sites excluding steroid dienone is 1. The second kappa shape index (κ2) is 4.72. The lowest BCUT2D eigenvalue weighted by molar-refractivity contribution is 0.687. The maximum Gasteiger partial charge on any atom is -0.00252 e. The van der Waals surface area contributed by atoms with Crippen molar-refractivity contribution in [1.82, 2.24) is 0 Å². The van der Waals surface area contributed by atoms with Crippen molar-refractivity contribution in [2.24, 2.45) is 5.92 Å². The minimum atomic E-state index is 0.835. The molecule has 0 saturated heterocycles. The van der Waals surface area contributed by atoms with E-state index in [4.69, 9.17) is 0 Å². The first-order valence-electron chi connectivity index (χ1n) is 6.23. The number of hydrogen-bond acceptors (Lipinski definition) is 0. The van der Waals surface area contributed by atoms with Crippen LogP contribution in [0.4, 0.5) is 0 Å². The third-order valence-electron chi connectivity index (χ3n) is 3.62. The molecule has 2 rings (SSSR count). The number of hydrogen-bond donors (Lipinski definition) is 0. The summed E-state index contributed by atoms with van der Waals surface area (Å²) in [4.78, 5) is 0. The predicted molar refractivity (Wildman–Crippen MR) is 70.4 cm³/mol. The van der Waals surface area contributed by atoms with Crippen LogP contribution >= 0.6 is 0 Å². The van der Waals surface area contributed by atoms with Crippen molar-refractivity contribution in [1.29, 1.82) is 0 Å². The van der Waals surface area contributed by atoms with E-state index in [-0.39, 0.29) is 0 Å². The van der Waals surface area contributed by atoms with Crippen molar-refractivity contribution in [3.8, 4) is 0 Å². The molecule has 0 radical (unpaired) electrons. The van der Waals surface area contributed by atoms with Gasteiger partial charge in [-0.3, -0.25) is 0 Å². The van der Waals surface area contributed by atoms with Gasteiger partial charge in [0.15, 0.2) is 0 Å². The summed E-state index contributed by atoms with van der Waals surface area (Å²) >= 11 is 0. The Bertz CT molecular complexity index is 404. The molecule has 0 nitrogen and oxygen atoms in total. The fourth-order valence-electron chi connectivity index (χ4n) is 2.43. The lowest BCUT2D eigenvalue weighted by Crippen LogP contribution is -1.85. The predicted octanol–water partition coefficient (Wildman–Crippen LogP) is 4.78. The Hall–Kier alpha value is -1.26. The van der Waals surface area contributed by atoms with E-state index in [1.807, 2.05) is 0 Å². The Morgan fingerprint density at radius 2 is 2.06 bits per heavy atom. The Morgan fingerprint density at radius 1 is 1.38 bits per heavy atom. The topological polar surface area (TPSA) is 0 Å². The summed E-state index contributed by atoms with van der Waals surface area (Å²) in [5.41, 5.74) is 6.83. The van der Waals surface area contributed by atoms with E-state index in [0.717, 1.165) is 17.4 Å². The molecule has 16 heavy (non-hydrogen) atoms. The highest BCUT2D eigenvalue weighted by Gasteiger charge is 2.36. The lowest BCUT2D eigenvalue weighted by Gasteiger charge is -2.03. The van der Waals surface area contributed by atoms with Crippen LogP contribution in [-0.4, -0.2) is 0 Å². The van der Waals surface area contributed by atoms with Crippen molar-refractivity contribution < 1.29 is 0 Å². The minimum Gasteiger partial charge on any atom is -0.125 e. The second-order valence-corrected chi connectivity index (χ2v) is 4.81. The molecule has 0 aromatic heterocycles. The SMILES string of the molecule is C=C=C(C)c1ccc(C2CC2CCC)cc1. The molecule has 1 saturated carbocycles. The van der Waals surface area contributed by atoms with Crippen molar-refractivity contribution in [2.75, 3.05) is 0 Å². The Labute approximate surface area is 98.7 Å². The molecule has 1 aromatic rings. The maximum atomic E-state index is 3.68. The standard InChI is InChI=1S/C16H20/c1-4-6-15-11-16(15)14-9-7-13(8-10-14)12(3)5-2/h7-10,15-16H,2,4,6,11H2,1,3H3. The van der Waals surface area contributed by atoms with Crippen LogP contribution in [-0.2, 0) is 0 Å². The van der Waals surface area contributed by atoms with Crippen LogP contribution in [0.1, 0.15) is 50.2 Å². The van der Waals surface area contributed by atoms with E-state index in [0.29, 0.717) is 0 Å². The molecule has 2 unspecified atom stereocenters. The first-order chi connectivity index (χ1) is 7.76. The third-order valence-corrected chi connectivity index (χ3v) is 3.62. The van der Waals surface area contributed by atoms with Crippen LogP contribution in [0.15, 0.2) is 36.6 Å². The van der Waals surface area contributed by atoms with E-state index in [1.165, 1.54) is 30.4 Å². The van der Waals surface area contributed by atoms with Gasteiger partial charge in [0, 0.05) is 0 Å². The van der Waals surface area contributed by atoms with Crippen LogP contribution < -0.4 is 0 Å². The van der Waals surface area contributed by atoms with Gasteiger partial charge in [-0.25, -0.2) is 0 Å². The van der Waals surface area contributed by atoms with E-state index < -0.39 is 0 Å². The van der Waals surface area contributed by atoms with Crippen molar-refractivity contribution in [3.63, 3.8) is 0 Å². The quantitative estimate of drug-likeness (QED) is 0.630. The minimum absolute atomic E-state index is 0.835. The summed E-state index contributed by atoms with van der Waals surface area (Å²) in [5.74, 6) is 1.79. The molecule has 0 amide bonds. The molecule has 1 aliphatic rings. The van der Waals surface area contributed by atoms with Gasteiger partial charge in [0.2, 0.25) is 0 Å². The molecule has 1 aliphatic carbocycles. The second-order valence-electron chi connectivity index (χ2n) is 4.81. The van der Waals surface area contributed by atoms with Crippen LogP contribution in [0.2, 0.25) is 0 Å². The first-order valence-corrected chi connectivity index (χ1v) is 6.23. The summed E-state index contributed by atoms with van der Waals surface area (Å²) in [7, 11) is 0. The molecule has 0 spiro atoms. The van der Waals surface area contributed by atoms with E-state index in [1.54, 1.807) is 0 Å². The van der Waals surface area contributed by atoms with Crippen molar-refractivity contribution >= 4 is 5.57 Å². The summed E-state index contributed by atoms with van der Waals surface area (Å²) in [6.07, 6.45) is 4.10. The highest BCUT2D eigenvalue weighted by Crippen LogP contribution is 2.50. The zero-order chi connectivity index (χ0) is 11.5. The smallest absolute Gasteiger partial charge is 0.00252 e. The molecular formula is C16H20. The van der Waals surface area contributed by atoms with E-state index in [2.05, 4.69) is 50.4 Å². The molecule has 0 heterocycles. The molecule has 0 heteroatoms. The van der Waals surface area contributed by atoms with E-state index >= 15 is 0 Å². The molecule has 0 aliphatic heterocycles. The monoisotopic (exact) mass is 212 g/mol. The molecule has 84 valence electrons. The van der Waals surface area contributed by atoms with Crippen LogP contribution in [0, 0.1) is 5.92 Å². The van der Waals surface area contributed by atoms with Crippen molar-refractivity contribution in [2.45, 2.75) is 39.0 Å². The Morgan fingerprint density at radius 3 is 2.62 bits per heavy atom. The average molecular weight is 212 g/mol. The molecule has 0 N–H and O–H groups in total. The lowest BCUT2D eigenvalue weighted by atomic mass is 10.0. The number of benzene rings is 1. The summed E-state index contributed by atoms with van der Waals surface area (Å²) < 4.78 is 0. The Kier molecular flexibility index (Phi) is 3.31. The van der Waals surface area contributed by atoms with E-state index in [9.17, 15) is 0 Å². The van der Waals surface area contributed by atoms with Gasteiger partial charge in [-0.2, -0.15) is 0 Å². The summed E-state index contributed by atoms with van der Waals surface area (Å²) in [5, 5.41) is 0. The van der Waals surface area contributed by atoms with Crippen LogP contribution in [0.5, 0.6) is 0 Å². The normalized spacial score (nSPS) is 22.6. The highest BCUT2D eigenvalue weighted by molar-refractivity contribution is 5.63. The fraction of sp³-hybridized carbons (Fsp3) is 0.438. The largest absolute Gasteiger partial charge is 0.125 e. The molecular weight excluding hydrogens is 192 g/mol. The molecule has 1 aromatic carbocycles. The average Bonchev–Trinajstić information content (AvgIpc) is 3.08. The van der Waals surface area contributed by atoms with Gasteiger partial charge in [-0.1, -0.05) is 50.6 Å². The van der Waals surface area contributed by atoms with Gasteiger partial charge in [0.05, 0.1) is 0 Å². The van der Waals surface area contributed by atoms with Gasteiger partial charge >= 0.3 is 0 Å². The van der Waals surface area contributed by atoms with Crippen LogP contribution in [0.25, 0.3) is 5.57 Å². The zero-order valence-electron chi connectivity index (χ0n) is 10.3. The first kappa shape index (κ1) is 11.2. The third kappa shape index (κ3) is 2.28. The number of rotatable bonds is 4. The molecule has 2 atom stereocenters. The highest BCUT2D eigenvalue weighted by atomic mass is 14.4. The fourth-order valence-corrected chi connectivity index (χ4v) is 2.43. The maximum absolute atomic E-state index is 3.68. The van der Waals surface area contributed by atoms with Gasteiger partial charge in [-0.05, 0) is 41.9 Å². The molecule has 0 bridgehead atoms. The van der Waals surface area contributed by atoms with Gasteiger partial charge < -0.3 is 0 Å². The van der Waals surface area contributed by atoms with Gasteiger partial charge in [0.25, 0.3) is 0 Å². The zero-order valence-corrected chi connectivity index (χ0v) is 10.3. The molecule has 1 fully saturated rings. The summed E-state index contributed by atoms with van der Waals surface area (Å²) in [6, 6.07) is 8.95. The van der Waals surface area contributed by atoms with Gasteiger partial charge in [0.1, 0.15) is 0 Å². The Balaban J connectivity index is 2.07. The van der Waals surface area contributed by atoms with Gasteiger partial charge in [-0.15, -0.1) is 5.73 Å². The van der Waals surface area contributed by atoms with Crippen LogP contribution in [0.3, 0.4) is 0 Å². The summed E-state index contributed by atoms with van der Waals surface area (Å²) in [6.45, 7) is 8.01. The van der Waals surface area contributed by atoms with Crippen molar-refractivity contribution in [3.05, 3.63) is 47.7 Å².